The summed E-state index contributed by atoms with van der Waals surface area (Å²) < 4.78 is 0. The molecule has 1 heterocycles. The Balaban J connectivity index is 2.03. The van der Waals surface area contributed by atoms with Gasteiger partial charge in [0.2, 0.25) is 5.95 Å². The van der Waals surface area contributed by atoms with Gasteiger partial charge in [-0.3, -0.25) is 0 Å². The highest BCUT2D eigenvalue weighted by Gasteiger charge is 2.18. The third kappa shape index (κ3) is 2.43. The van der Waals surface area contributed by atoms with Crippen LogP contribution in [-0.4, -0.2) is 16.5 Å². The fourth-order valence-corrected chi connectivity index (χ4v) is 2.18. The zero-order valence-electron chi connectivity index (χ0n) is 9.92. The van der Waals surface area contributed by atoms with Gasteiger partial charge >= 0.3 is 0 Å². The number of nitrogen functional groups attached to an aromatic ring is 1. The number of nitrogens with zero attached hydrogens (tertiary/aromatic N) is 2. The number of aromatic nitrogens is 2. The molecule has 0 fully saturated rings. The number of anilines is 2. The molecule has 1 aliphatic rings. The van der Waals surface area contributed by atoms with Crippen molar-refractivity contribution in [2.24, 2.45) is 0 Å². The van der Waals surface area contributed by atoms with E-state index in [1.165, 1.54) is 31.2 Å². The lowest BCUT2D eigenvalue weighted by molar-refractivity contribution is 0.741. The van der Waals surface area contributed by atoms with Gasteiger partial charge in [0.1, 0.15) is 5.82 Å². The Morgan fingerprint density at radius 2 is 2.12 bits per heavy atom. The van der Waals surface area contributed by atoms with Crippen LogP contribution in [0, 0.1) is 0 Å². The summed E-state index contributed by atoms with van der Waals surface area (Å²) in [7, 11) is 0. The third-order valence-corrected chi connectivity index (χ3v) is 3.02. The molecule has 0 radical (unpaired) electrons. The van der Waals surface area contributed by atoms with Gasteiger partial charge in [-0.2, -0.15) is 4.98 Å². The van der Waals surface area contributed by atoms with Crippen LogP contribution in [-0.2, 0) is 12.8 Å². The zero-order valence-corrected chi connectivity index (χ0v) is 9.92. The molecule has 0 bridgehead atoms. The van der Waals surface area contributed by atoms with E-state index >= 15 is 0 Å². The Morgan fingerprint density at radius 3 is 2.94 bits per heavy atom. The molecule has 0 unspecified atom stereocenters. The molecule has 0 aromatic carbocycles. The lowest BCUT2D eigenvalue weighted by atomic mass is 10.2. The Hall–Kier alpha value is -1.32. The summed E-state index contributed by atoms with van der Waals surface area (Å²) >= 11 is 0. The molecule has 88 valence electrons. The first-order chi connectivity index (χ1) is 7.81. The lowest BCUT2D eigenvalue weighted by Crippen LogP contribution is -2.09. The fourth-order valence-electron chi connectivity index (χ4n) is 2.18. The van der Waals surface area contributed by atoms with Crippen molar-refractivity contribution in [2.75, 3.05) is 17.6 Å². The van der Waals surface area contributed by atoms with E-state index in [1.54, 1.807) is 0 Å². The SMILES string of the molecule is CCCCCNc1nc(N)nc2c1CCC2. The zero-order chi connectivity index (χ0) is 11.4. The average molecular weight is 220 g/mol. The molecule has 4 nitrogen and oxygen atoms in total. The molecule has 1 aromatic heterocycles. The quantitative estimate of drug-likeness (QED) is 0.746. The van der Waals surface area contributed by atoms with Crippen LogP contribution in [0.15, 0.2) is 0 Å². The molecule has 1 aliphatic carbocycles. The highest BCUT2D eigenvalue weighted by atomic mass is 15.1. The number of hydrogen-bond acceptors (Lipinski definition) is 4. The van der Waals surface area contributed by atoms with E-state index in [9.17, 15) is 0 Å². The molecular weight excluding hydrogens is 200 g/mol. The normalized spacial score (nSPS) is 13.8. The monoisotopic (exact) mass is 220 g/mol. The molecule has 1 aromatic rings. The second-order valence-electron chi connectivity index (χ2n) is 4.34. The van der Waals surface area contributed by atoms with Gasteiger partial charge in [-0.25, -0.2) is 4.98 Å². The van der Waals surface area contributed by atoms with Crippen LogP contribution in [0.2, 0.25) is 0 Å². The van der Waals surface area contributed by atoms with Crippen molar-refractivity contribution >= 4 is 11.8 Å². The maximum absolute atomic E-state index is 5.70. The number of hydrogen-bond donors (Lipinski definition) is 2. The van der Waals surface area contributed by atoms with E-state index < -0.39 is 0 Å². The minimum atomic E-state index is 0.402. The molecule has 16 heavy (non-hydrogen) atoms. The summed E-state index contributed by atoms with van der Waals surface area (Å²) in [6, 6.07) is 0. The minimum absolute atomic E-state index is 0.402. The van der Waals surface area contributed by atoms with Crippen LogP contribution in [0.1, 0.15) is 43.9 Å². The van der Waals surface area contributed by atoms with Crippen molar-refractivity contribution in [3.05, 3.63) is 11.3 Å². The molecular formula is C12H20N4. The molecule has 0 aliphatic heterocycles. The second-order valence-corrected chi connectivity index (χ2v) is 4.34. The number of aryl methyl sites for hydroxylation is 1. The van der Waals surface area contributed by atoms with Crippen molar-refractivity contribution in [2.45, 2.75) is 45.4 Å². The Kier molecular flexibility index (Phi) is 3.59. The molecule has 0 spiro atoms. The summed E-state index contributed by atoms with van der Waals surface area (Å²) in [5.74, 6) is 1.37. The van der Waals surface area contributed by atoms with Crippen LogP contribution in [0.4, 0.5) is 11.8 Å². The summed E-state index contributed by atoms with van der Waals surface area (Å²) in [6.07, 6.45) is 7.01. The van der Waals surface area contributed by atoms with Gasteiger partial charge in [-0.15, -0.1) is 0 Å². The third-order valence-electron chi connectivity index (χ3n) is 3.02. The molecule has 0 atom stereocenters. The summed E-state index contributed by atoms with van der Waals surface area (Å²) in [4.78, 5) is 8.58. The molecule has 0 amide bonds. The standard InChI is InChI=1S/C12H20N4/c1-2-3-4-8-14-11-9-6-5-7-10(9)15-12(13)16-11/h2-8H2,1H3,(H3,13,14,15,16). The van der Waals surface area contributed by atoms with Gasteiger partial charge in [0.05, 0.1) is 5.69 Å². The van der Waals surface area contributed by atoms with E-state index in [4.69, 9.17) is 5.73 Å². The van der Waals surface area contributed by atoms with E-state index in [0.29, 0.717) is 5.95 Å². The maximum atomic E-state index is 5.70. The Labute approximate surface area is 96.7 Å². The minimum Gasteiger partial charge on any atom is -0.370 e. The van der Waals surface area contributed by atoms with E-state index in [2.05, 4.69) is 22.2 Å². The van der Waals surface area contributed by atoms with Crippen molar-refractivity contribution in [1.82, 2.24) is 9.97 Å². The average Bonchev–Trinajstić information content (AvgIpc) is 2.72. The first kappa shape index (κ1) is 11.2. The molecule has 2 rings (SSSR count). The number of nitrogens with one attached hydrogen (secondary N) is 1. The van der Waals surface area contributed by atoms with Gasteiger partial charge in [-0.1, -0.05) is 19.8 Å². The van der Waals surface area contributed by atoms with Crippen molar-refractivity contribution in [3.8, 4) is 0 Å². The molecule has 0 saturated carbocycles. The fraction of sp³-hybridized carbons (Fsp3) is 0.667. The van der Waals surface area contributed by atoms with E-state index in [-0.39, 0.29) is 0 Å². The predicted molar refractivity (Wildman–Crippen MR) is 66.5 cm³/mol. The van der Waals surface area contributed by atoms with E-state index in [0.717, 1.165) is 30.9 Å². The molecule has 4 heteroatoms. The van der Waals surface area contributed by atoms with Gasteiger partial charge < -0.3 is 11.1 Å². The number of unbranched alkanes of at least 4 members (excludes halogenated alkanes) is 2. The Morgan fingerprint density at radius 1 is 1.25 bits per heavy atom. The molecule has 0 saturated heterocycles. The topological polar surface area (TPSA) is 63.8 Å². The summed E-state index contributed by atoms with van der Waals surface area (Å²) in [6.45, 7) is 3.19. The summed E-state index contributed by atoms with van der Waals surface area (Å²) in [5, 5.41) is 3.39. The maximum Gasteiger partial charge on any atom is 0.222 e. The van der Waals surface area contributed by atoms with Crippen LogP contribution < -0.4 is 11.1 Å². The van der Waals surface area contributed by atoms with Gasteiger partial charge in [0, 0.05) is 12.1 Å². The number of fused-ring (bicyclic) bond motifs is 1. The van der Waals surface area contributed by atoms with Crippen LogP contribution in [0.3, 0.4) is 0 Å². The summed E-state index contributed by atoms with van der Waals surface area (Å²) in [5.41, 5.74) is 8.13. The molecule has 3 N–H and O–H groups in total. The second kappa shape index (κ2) is 5.14. The van der Waals surface area contributed by atoms with Crippen LogP contribution in [0.5, 0.6) is 0 Å². The number of nitrogens with two attached hydrogens (primary N) is 1. The van der Waals surface area contributed by atoms with Gasteiger partial charge in [0.25, 0.3) is 0 Å². The van der Waals surface area contributed by atoms with Gasteiger partial charge in [0.15, 0.2) is 0 Å². The largest absolute Gasteiger partial charge is 0.370 e. The highest BCUT2D eigenvalue weighted by Crippen LogP contribution is 2.26. The van der Waals surface area contributed by atoms with Crippen LogP contribution >= 0.6 is 0 Å². The highest BCUT2D eigenvalue weighted by molar-refractivity contribution is 5.51. The van der Waals surface area contributed by atoms with Crippen molar-refractivity contribution in [1.29, 1.82) is 0 Å². The van der Waals surface area contributed by atoms with Gasteiger partial charge in [-0.05, 0) is 25.7 Å². The van der Waals surface area contributed by atoms with Crippen LogP contribution in [0.25, 0.3) is 0 Å². The van der Waals surface area contributed by atoms with E-state index in [1.807, 2.05) is 0 Å². The van der Waals surface area contributed by atoms with Crippen molar-refractivity contribution < 1.29 is 0 Å². The first-order valence-electron chi connectivity index (χ1n) is 6.20. The van der Waals surface area contributed by atoms with Crippen molar-refractivity contribution in [3.63, 3.8) is 0 Å². The first-order valence-corrected chi connectivity index (χ1v) is 6.20. The number of rotatable bonds is 5. The smallest absolute Gasteiger partial charge is 0.222 e. The Bertz CT molecular complexity index is 362. The lowest BCUT2D eigenvalue weighted by Gasteiger charge is -2.10. The predicted octanol–water partition coefficient (Wildman–Crippen LogP) is 2.15.